The van der Waals surface area contributed by atoms with E-state index < -0.39 is 6.10 Å². The Bertz CT molecular complexity index is 823. The van der Waals surface area contributed by atoms with Crippen molar-refractivity contribution in [3.05, 3.63) is 60.8 Å². The van der Waals surface area contributed by atoms with Gasteiger partial charge in [0.05, 0.1) is 6.61 Å². The molecule has 0 spiro atoms. The molecule has 1 unspecified atom stereocenters. The fourth-order valence-electron chi connectivity index (χ4n) is 4.88. The summed E-state index contributed by atoms with van der Waals surface area (Å²) < 4.78 is 10.6. The number of esters is 2. The minimum atomic E-state index is -0.790. The van der Waals surface area contributed by atoms with Crippen LogP contribution >= 0.6 is 0 Å². The molecule has 1 N–H and O–H groups in total. The average Bonchev–Trinajstić information content (AvgIpc) is 3.06. The molecule has 264 valence electrons. The van der Waals surface area contributed by atoms with Gasteiger partial charge in [0.1, 0.15) is 6.61 Å². The maximum absolute atomic E-state index is 12.1. The van der Waals surface area contributed by atoms with E-state index in [4.69, 9.17) is 9.47 Å². The smallest absolute Gasteiger partial charge is 0.306 e. The van der Waals surface area contributed by atoms with Crippen LogP contribution in [0, 0.1) is 0 Å². The Labute approximate surface area is 283 Å². The number of allylic oxidation sites excluding steroid dienone is 10. The van der Waals surface area contributed by atoms with Gasteiger partial charge in [0.2, 0.25) is 0 Å². The topological polar surface area (TPSA) is 72.8 Å². The van der Waals surface area contributed by atoms with Gasteiger partial charge in [0, 0.05) is 12.8 Å². The molecule has 0 heterocycles. The summed E-state index contributed by atoms with van der Waals surface area (Å²) in [5.41, 5.74) is 0. The molecule has 0 rings (SSSR count). The Kier molecular flexibility index (Phi) is 35.1. The van der Waals surface area contributed by atoms with Crippen LogP contribution in [0.5, 0.6) is 0 Å². The molecule has 5 heteroatoms. The van der Waals surface area contributed by atoms with Crippen LogP contribution in [0.15, 0.2) is 60.8 Å². The third-order valence-corrected chi connectivity index (χ3v) is 7.78. The number of aliphatic hydroxyl groups excluding tert-OH is 1. The average molecular weight is 643 g/mol. The molecule has 0 bridgehead atoms. The Morgan fingerprint density at radius 2 is 0.870 bits per heavy atom. The lowest BCUT2D eigenvalue weighted by Gasteiger charge is -2.15. The number of carbonyl (C=O) groups excluding carboxylic acids is 2. The van der Waals surface area contributed by atoms with Crippen molar-refractivity contribution in [3.63, 3.8) is 0 Å². The first-order valence-corrected chi connectivity index (χ1v) is 18.8. The molecule has 0 saturated carbocycles. The van der Waals surface area contributed by atoms with Gasteiger partial charge in [-0.1, -0.05) is 132 Å². The fourth-order valence-corrected chi connectivity index (χ4v) is 4.88. The lowest BCUT2D eigenvalue weighted by Crippen LogP contribution is -2.28. The molecular weight excluding hydrogens is 572 g/mol. The highest BCUT2D eigenvalue weighted by atomic mass is 16.6. The highest BCUT2D eigenvalue weighted by Crippen LogP contribution is 2.11. The van der Waals surface area contributed by atoms with E-state index in [2.05, 4.69) is 74.6 Å². The molecule has 0 aromatic rings. The molecular formula is C41H70O5. The number of aliphatic hydroxyl groups is 1. The summed E-state index contributed by atoms with van der Waals surface area (Å²) in [6, 6.07) is 0. The van der Waals surface area contributed by atoms with E-state index in [9.17, 15) is 14.7 Å². The summed E-state index contributed by atoms with van der Waals surface area (Å²) in [5.74, 6) is -0.637. The van der Waals surface area contributed by atoms with Crippen molar-refractivity contribution in [2.24, 2.45) is 0 Å². The van der Waals surface area contributed by atoms with Crippen LogP contribution in [-0.4, -0.2) is 36.4 Å². The summed E-state index contributed by atoms with van der Waals surface area (Å²) in [6.07, 6.45) is 47.0. The van der Waals surface area contributed by atoms with Gasteiger partial charge in [-0.3, -0.25) is 9.59 Å². The monoisotopic (exact) mass is 643 g/mol. The molecule has 5 nitrogen and oxygen atoms in total. The van der Waals surface area contributed by atoms with Gasteiger partial charge in [0.15, 0.2) is 6.10 Å². The number of carbonyl (C=O) groups is 2. The van der Waals surface area contributed by atoms with Gasteiger partial charge < -0.3 is 14.6 Å². The Morgan fingerprint density at radius 3 is 1.30 bits per heavy atom. The van der Waals surface area contributed by atoms with Crippen LogP contribution in [0.4, 0.5) is 0 Å². The second-order valence-corrected chi connectivity index (χ2v) is 12.3. The van der Waals surface area contributed by atoms with Gasteiger partial charge in [-0.15, -0.1) is 0 Å². The van der Waals surface area contributed by atoms with Crippen molar-refractivity contribution in [2.45, 2.75) is 174 Å². The number of hydrogen-bond acceptors (Lipinski definition) is 5. The van der Waals surface area contributed by atoms with Gasteiger partial charge in [-0.05, 0) is 83.5 Å². The SMILES string of the molecule is CCCCCC=CCC=CCC=CCCCCCCC(=O)OC(CO)COC(=O)CCCCCCCC=CCC=CCCCCC. The zero-order valence-electron chi connectivity index (χ0n) is 29.8. The maximum atomic E-state index is 12.1. The number of ether oxygens (including phenoxy) is 2. The van der Waals surface area contributed by atoms with E-state index in [1.165, 1.54) is 64.2 Å². The van der Waals surface area contributed by atoms with Crippen molar-refractivity contribution in [3.8, 4) is 0 Å². The standard InChI is InChI=1S/C41H70O5/c1-3-5-7-9-11-13-15-17-19-20-22-24-26-28-30-32-34-36-41(44)46-39(37-42)38-45-40(43)35-33-31-29-27-25-23-21-18-16-14-12-10-8-6-4-2/h11-14,17-19,21-22,24,39,42H,3-10,15-16,20,23,25-38H2,1-2H3. The summed E-state index contributed by atoms with van der Waals surface area (Å²) in [6.45, 7) is 4.04. The summed E-state index contributed by atoms with van der Waals surface area (Å²) >= 11 is 0. The van der Waals surface area contributed by atoms with Crippen LogP contribution in [0.1, 0.15) is 168 Å². The lowest BCUT2D eigenvalue weighted by molar-refractivity contribution is -0.161. The minimum Gasteiger partial charge on any atom is -0.462 e. The van der Waals surface area contributed by atoms with Crippen molar-refractivity contribution >= 4 is 11.9 Å². The summed E-state index contributed by atoms with van der Waals surface area (Å²) in [7, 11) is 0. The Balaban J connectivity index is 3.66. The highest BCUT2D eigenvalue weighted by Gasteiger charge is 2.16. The quantitative estimate of drug-likeness (QED) is 0.0438. The fraction of sp³-hybridized carbons (Fsp3) is 0.707. The molecule has 0 aromatic heterocycles. The zero-order valence-corrected chi connectivity index (χ0v) is 29.8. The zero-order chi connectivity index (χ0) is 33.6. The lowest BCUT2D eigenvalue weighted by atomic mass is 10.1. The van der Waals surface area contributed by atoms with Gasteiger partial charge in [-0.2, -0.15) is 0 Å². The highest BCUT2D eigenvalue weighted by molar-refractivity contribution is 5.70. The molecule has 0 radical (unpaired) electrons. The predicted octanol–water partition coefficient (Wildman–Crippen LogP) is 11.6. The molecule has 1 atom stereocenters. The molecule has 0 aliphatic carbocycles. The molecule has 0 saturated heterocycles. The van der Waals surface area contributed by atoms with Crippen molar-refractivity contribution in [1.82, 2.24) is 0 Å². The number of rotatable bonds is 33. The second-order valence-electron chi connectivity index (χ2n) is 12.3. The van der Waals surface area contributed by atoms with Crippen LogP contribution in [0.2, 0.25) is 0 Å². The van der Waals surface area contributed by atoms with Crippen LogP contribution in [-0.2, 0) is 19.1 Å². The molecule has 46 heavy (non-hydrogen) atoms. The van der Waals surface area contributed by atoms with E-state index in [0.717, 1.165) is 77.0 Å². The first-order chi connectivity index (χ1) is 22.6. The van der Waals surface area contributed by atoms with Crippen LogP contribution in [0.25, 0.3) is 0 Å². The normalized spacial score (nSPS) is 12.8. The van der Waals surface area contributed by atoms with E-state index in [0.29, 0.717) is 12.8 Å². The van der Waals surface area contributed by atoms with Gasteiger partial charge in [-0.25, -0.2) is 0 Å². The van der Waals surface area contributed by atoms with Gasteiger partial charge in [0.25, 0.3) is 0 Å². The summed E-state index contributed by atoms with van der Waals surface area (Å²) in [4.78, 5) is 24.2. The van der Waals surface area contributed by atoms with E-state index in [-0.39, 0.29) is 25.2 Å². The Morgan fingerprint density at radius 1 is 0.500 bits per heavy atom. The molecule has 0 aliphatic rings. The first-order valence-electron chi connectivity index (χ1n) is 18.8. The largest absolute Gasteiger partial charge is 0.462 e. The Hall–Kier alpha value is -2.40. The van der Waals surface area contributed by atoms with Crippen LogP contribution < -0.4 is 0 Å². The first kappa shape index (κ1) is 43.6. The number of hydrogen-bond donors (Lipinski definition) is 1. The molecule has 0 fully saturated rings. The number of unbranched alkanes of at least 4 members (excludes halogenated alkanes) is 15. The van der Waals surface area contributed by atoms with E-state index in [1.807, 2.05) is 0 Å². The van der Waals surface area contributed by atoms with Gasteiger partial charge >= 0.3 is 11.9 Å². The maximum Gasteiger partial charge on any atom is 0.306 e. The minimum absolute atomic E-state index is 0.0847. The van der Waals surface area contributed by atoms with Crippen molar-refractivity contribution < 1.29 is 24.2 Å². The predicted molar refractivity (Wildman–Crippen MR) is 196 cm³/mol. The summed E-state index contributed by atoms with van der Waals surface area (Å²) in [5, 5.41) is 9.53. The molecule has 0 aromatic carbocycles. The van der Waals surface area contributed by atoms with Crippen molar-refractivity contribution in [2.75, 3.05) is 13.2 Å². The van der Waals surface area contributed by atoms with E-state index in [1.54, 1.807) is 0 Å². The molecule has 0 amide bonds. The third-order valence-electron chi connectivity index (χ3n) is 7.78. The van der Waals surface area contributed by atoms with E-state index >= 15 is 0 Å². The third kappa shape index (κ3) is 34.5. The van der Waals surface area contributed by atoms with Crippen molar-refractivity contribution in [1.29, 1.82) is 0 Å². The molecule has 0 aliphatic heterocycles. The second kappa shape index (κ2) is 37.1. The van der Waals surface area contributed by atoms with Crippen LogP contribution in [0.3, 0.4) is 0 Å².